The molecule has 0 radical (unpaired) electrons. The van der Waals surface area contributed by atoms with Crippen LogP contribution in [0.1, 0.15) is 42.1 Å². The summed E-state index contributed by atoms with van der Waals surface area (Å²) in [7, 11) is 0. The molecule has 3 atom stereocenters. The number of carbonyl (C=O) groups is 4. The van der Waals surface area contributed by atoms with E-state index in [1.54, 1.807) is 0 Å². The standard InChI is InChI=1S/C19H25N3O6/c1-11(21-17(24)14-4-2-3-9-20-14)16(23)22-15(19(27)28)10-12-5-7-13(8-6-12)18(25)26/h5-8,11,14-15,20H,2-4,9-10H2,1H3,(H,21,24)(H,22,23)(H,25,26)(H,27,28)/t11-,14-,15-/m0/s1. The number of carboxylic acids is 2. The highest BCUT2D eigenvalue weighted by molar-refractivity contribution is 5.91. The van der Waals surface area contributed by atoms with Crippen LogP contribution in [0.2, 0.25) is 0 Å². The van der Waals surface area contributed by atoms with E-state index in [0.717, 1.165) is 19.4 Å². The summed E-state index contributed by atoms with van der Waals surface area (Å²) in [6, 6.07) is 3.34. The van der Waals surface area contributed by atoms with Gasteiger partial charge >= 0.3 is 11.9 Å². The molecule has 0 unspecified atom stereocenters. The fraction of sp³-hybridized carbons (Fsp3) is 0.474. The molecule has 2 amide bonds. The van der Waals surface area contributed by atoms with Crippen LogP contribution < -0.4 is 16.0 Å². The Morgan fingerprint density at radius 2 is 1.79 bits per heavy atom. The summed E-state index contributed by atoms with van der Waals surface area (Å²) in [6.07, 6.45) is 2.64. The molecule has 1 aliphatic rings. The molecule has 28 heavy (non-hydrogen) atoms. The highest BCUT2D eigenvalue weighted by Gasteiger charge is 2.27. The van der Waals surface area contributed by atoms with Gasteiger partial charge in [0.1, 0.15) is 12.1 Å². The second-order valence-electron chi connectivity index (χ2n) is 6.84. The molecule has 1 aromatic carbocycles. The van der Waals surface area contributed by atoms with Gasteiger partial charge in [0.05, 0.1) is 11.6 Å². The minimum atomic E-state index is -1.22. The van der Waals surface area contributed by atoms with Gasteiger partial charge in [-0.15, -0.1) is 0 Å². The van der Waals surface area contributed by atoms with Crippen LogP contribution in [0.4, 0.5) is 0 Å². The Morgan fingerprint density at radius 3 is 2.32 bits per heavy atom. The van der Waals surface area contributed by atoms with Crippen molar-refractivity contribution >= 4 is 23.8 Å². The van der Waals surface area contributed by atoms with Gasteiger partial charge in [-0.3, -0.25) is 9.59 Å². The monoisotopic (exact) mass is 391 g/mol. The summed E-state index contributed by atoms with van der Waals surface area (Å²) in [6.45, 7) is 2.25. The molecular formula is C19H25N3O6. The van der Waals surface area contributed by atoms with Gasteiger partial charge in [0, 0.05) is 6.42 Å². The van der Waals surface area contributed by atoms with Crippen LogP contribution in [-0.4, -0.2) is 58.6 Å². The summed E-state index contributed by atoms with van der Waals surface area (Å²) in [4.78, 5) is 46.9. The molecule has 9 heteroatoms. The van der Waals surface area contributed by atoms with Gasteiger partial charge in [0.2, 0.25) is 11.8 Å². The van der Waals surface area contributed by atoms with Gasteiger partial charge in [0.15, 0.2) is 0 Å². The lowest BCUT2D eigenvalue weighted by Gasteiger charge is -2.25. The van der Waals surface area contributed by atoms with Crippen LogP contribution in [0.3, 0.4) is 0 Å². The third-order valence-corrected chi connectivity index (χ3v) is 4.63. The Bertz CT molecular complexity index is 728. The van der Waals surface area contributed by atoms with Crippen LogP contribution in [0.5, 0.6) is 0 Å². The largest absolute Gasteiger partial charge is 0.480 e. The predicted octanol–water partition coefficient (Wildman–Crippen LogP) is 0.144. The number of piperidine rings is 1. The molecule has 0 bridgehead atoms. The Balaban J connectivity index is 1.92. The summed E-state index contributed by atoms with van der Waals surface area (Å²) in [5, 5.41) is 26.4. The molecule has 1 fully saturated rings. The van der Waals surface area contributed by atoms with Gasteiger partial charge in [0.25, 0.3) is 0 Å². The maximum absolute atomic E-state index is 12.3. The first-order chi connectivity index (χ1) is 13.3. The lowest BCUT2D eigenvalue weighted by molar-refractivity contribution is -0.142. The molecule has 1 heterocycles. The van der Waals surface area contributed by atoms with Crippen molar-refractivity contribution in [2.24, 2.45) is 0 Å². The van der Waals surface area contributed by atoms with Crippen molar-refractivity contribution in [1.29, 1.82) is 0 Å². The third kappa shape index (κ3) is 6.05. The summed E-state index contributed by atoms with van der Waals surface area (Å²) in [5.41, 5.74) is 0.660. The SMILES string of the molecule is C[C@H](NC(=O)[C@@H]1CCCCN1)C(=O)N[C@@H](Cc1ccc(C(=O)O)cc1)C(=O)O. The maximum Gasteiger partial charge on any atom is 0.335 e. The topological polar surface area (TPSA) is 145 Å². The lowest BCUT2D eigenvalue weighted by atomic mass is 10.0. The van der Waals surface area contributed by atoms with Crippen LogP contribution in [0.15, 0.2) is 24.3 Å². The van der Waals surface area contributed by atoms with E-state index < -0.39 is 29.9 Å². The molecule has 9 nitrogen and oxygen atoms in total. The molecule has 152 valence electrons. The van der Waals surface area contributed by atoms with E-state index in [4.69, 9.17) is 5.11 Å². The van der Waals surface area contributed by atoms with Crippen molar-refractivity contribution in [3.05, 3.63) is 35.4 Å². The zero-order valence-electron chi connectivity index (χ0n) is 15.6. The van der Waals surface area contributed by atoms with Gasteiger partial charge in [-0.25, -0.2) is 9.59 Å². The molecule has 2 rings (SSSR count). The molecule has 0 saturated carbocycles. The van der Waals surface area contributed by atoms with Gasteiger partial charge < -0.3 is 26.2 Å². The molecule has 5 N–H and O–H groups in total. The molecule has 0 spiro atoms. The highest BCUT2D eigenvalue weighted by Crippen LogP contribution is 2.09. The minimum absolute atomic E-state index is 0.00812. The van der Waals surface area contributed by atoms with Crippen molar-refractivity contribution in [1.82, 2.24) is 16.0 Å². The number of hydrogen-bond acceptors (Lipinski definition) is 5. The number of amides is 2. The summed E-state index contributed by atoms with van der Waals surface area (Å²) >= 11 is 0. The number of carboxylic acid groups (broad SMARTS) is 2. The van der Waals surface area contributed by atoms with Crippen molar-refractivity contribution in [3.8, 4) is 0 Å². The summed E-state index contributed by atoms with van der Waals surface area (Å²) < 4.78 is 0. The van der Waals surface area contributed by atoms with E-state index in [0.29, 0.717) is 12.0 Å². The number of carbonyl (C=O) groups excluding carboxylic acids is 2. The first-order valence-electron chi connectivity index (χ1n) is 9.17. The van der Waals surface area contributed by atoms with Crippen molar-refractivity contribution in [2.45, 2.75) is 50.7 Å². The van der Waals surface area contributed by atoms with E-state index in [9.17, 15) is 24.3 Å². The summed E-state index contributed by atoms with van der Waals surface area (Å²) in [5.74, 6) is -3.17. The number of benzene rings is 1. The number of aliphatic carboxylic acids is 1. The second kappa shape index (κ2) is 9.84. The molecule has 1 aliphatic heterocycles. The van der Waals surface area contributed by atoms with E-state index in [-0.39, 0.29) is 23.9 Å². The second-order valence-corrected chi connectivity index (χ2v) is 6.84. The van der Waals surface area contributed by atoms with Crippen LogP contribution in [0, 0.1) is 0 Å². The fourth-order valence-corrected chi connectivity index (χ4v) is 2.97. The molecule has 0 aliphatic carbocycles. The number of nitrogens with one attached hydrogen (secondary N) is 3. The van der Waals surface area contributed by atoms with Gasteiger partial charge in [-0.1, -0.05) is 18.6 Å². The van der Waals surface area contributed by atoms with E-state index in [1.165, 1.54) is 31.2 Å². The molecule has 1 saturated heterocycles. The zero-order chi connectivity index (χ0) is 20.7. The zero-order valence-corrected chi connectivity index (χ0v) is 15.6. The quantitative estimate of drug-likeness (QED) is 0.424. The average Bonchev–Trinajstić information content (AvgIpc) is 2.68. The van der Waals surface area contributed by atoms with E-state index in [1.807, 2.05) is 0 Å². The predicted molar refractivity (Wildman–Crippen MR) is 99.9 cm³/mol. The van der Waals surface area contributed by atoms with Crippen LogP contribution in [0.25, 0.3) is 0 Å². The van der Waals surface area contributed by atoms with Crippen molar-refractivity contribution < 1.29 is 29.4 Å². The van der Waals surface area contributed by atoms with Crippen molar-refractivity contribution in [2.75, 3.05) is 6.54 Å². The van der Waals surface area contributed by atoms with Gasteiger partial charge in [-0.2, -0.15) is 0 Å². The Morgan fingerprint density at radius 1 is 1.11 bits per heavy atom. The Kier molecular flexibility index (Phi) is 7.51. The maximum atomic E-state index is 12.3. The number of hydrogen-bond donors (Lipinski definition) is 5. The smallest absolute Gasteiger partial charge is 0.335 e. The Hall–Kier alpha value is -2.94. The first kappa shape index (κ1) is 21.4. The molecular weight excluding hydrogens is 366 g/mol. The van der Waals surface area contributed by atoms with Crippen LogP contribution in [-0.2, 0) is 20.8 Å². The highest BCUT2D eigenvalue weighted by atomic mass is 16.4. The van der Waals surface area contributed by atoms with E-state index in [2.05, 4.69) is 16.0 Å². The number of rotatable bonds is 8. The first-order valence-corrected chi connectivity index (χ1v) is 9.17. The molecule has 0 aromatic heterocycles. The normalized spacial score (nSPS) is 18.5. The third-order valence-electron chi connectivity index (χ3n) is 4.63. The average molecular weight is 391 g/mol. The van der Waals surface area contributed by atoms with Gasteiger partial charge in [-0.05, 0) is 44.0 Å². The Labute approximate surface area is 162 Å². The molecule has 1 aromatic rings. The van der Waals surface area contributed by atoms with Crippen molar-refractivity contribution in [3.63, 3.8) is 0 Å². The lowest BCUT2D eigenvalue weighted by Crippen LogP contribution is -2.55. The fourth-order valence-electron chi connectivity index (χ4n) is 2.97. The minimum Gasteiger partial charge on any atom is -0.480 e. The number of aromatic carboxylic acids is 1. The van der Waals surface area contributed by atoms with E-state index >= 15 is 0 Å². The van der Waals surface area contributed by atoms with Crippen LogP contribution >= 0.6 is 0 Å².